The molecule has 5 heteroatoms. The van der Waals surface area contributed by atoms with Gasteiger partial charge in [0.1, 0.15) is 0 Å². The molecule has 0 N–H and O–H groups in total. The monoisotopic (exact) mass is 253 g/mol. The lowest BCUT2D eigenvalue weighted by Gasteiger charge is -2.37. The molecular formula is C12H15NO3S. The summed E-state index contributed by atoms with van der Waals surface area (Å²) in [5.41, 5.74) is 1.60. The van der Waals surface area contributed by atoms with E-state index in [2.05, 4.69) is 6.92 Å². The summed E-state index contributed by atoms with van der Waals surface area (Å²) in [7, 11) is 0. The number of hydrogen-bond acceptors (Lipinski definition) is 4. The van der Waals surface area contributed by atoms with Crippen molar-refractivity contribution < 1.29 is 9.66 Å². The second-order valence-corrected chi connectivity index (χ2v) is 5.71. The van der Waals surface area contributed by atoms with E-state index in [1.807, 2.05) is 23.9 Å². The zero-order chi connectivity index (χ0) is 12.3. The molecule has 0 bridgehead atoms. The smallest absolute Gasteiger partial charge is 0.269 e. The maximum atomic E-state index is 10.5. The van der Waals surface area contributed by atoms with Crippen LogP contribution in [0.3, 0.4) is 0 Å². The van der Waals surface area contributed by atoms with Gasteiger partial charge in [-0.3, -0.25) is 10.1 Å². The summed E-state index contributed by atoms with van der Waals surface area (Å²) in [6.07, 6.45) is 0. The lowest BCUT2D eigenvalue weighted by atomic mass is 9.92. The van der Waals surface area contributed by atoms with Crippen LogP contribution in [0.25, 0.3) is 0 Å². The van der Waals surface area contributed by atoms with Crippen LogP contribution in [0.4, 0.5) is 5.69 Å². The molecule has 1 aliphatic rings. The summed E-state index contributed by atoms with van der Waals surface area (Å²) < 4.78 is 5.19. The summed E-state index contributed by atoms with van der Waals surface area (Å²) in [5.74, 6) is 1.97. The molecule has 17 heavy (non-hydrogen) atoms. The molecule has 92 valence electrons. The molecule has 0 radical (unpaired) electrons. The van der Waals surface area contributed by atoms with Crippen molar-refractivity contribution in [2.45, 2.75) is 12.7 Å². The topological polar surface area (TPSA) is 52.4 Å². The molecule has 1 aromatic rings. The molecule has 1 aromatic carbocycles. The number of hydrogen-bond donors (Lipinski definition) is 0. The molecule has 4 nitrogen and oxygen atoms in total. The van der Waals surface area contributed by atoms with Crippen LogP contribution in [-0.4, -0.2) is 23.9 Å². The molecule has 0 amide bonds. The lowest BCUT2D eigenvalue weighted by Crippen LogP contribution is -2.41. The zero-order valence-corrected chi connectivity index (χ0v) is 10.5. The van der Waals surface area contributed by atoms with Crippen LogP contribution in [-0.2, 0) is 10.5 Å². The van der Waals surface area contributed by atoms with Crippen LogP contribution in [0.15, 0.2) is 24.3 Å². The van der Waals surface area contributed by atoms with Gasteiger partial charge in [-0.1, -0.05) is 19.1 Å². The maximum Gasteiger partial charge on any atom is 0.269 e. The molecule has 0 saturated carbocycles. The van der Waals surface area contributed by atoms with Gasteiger partial charge in [-0.15, -0.1) is 0 Å². The Kier molecular flexibility index (Phi) is 3.69. The molecule has 0 spiro atoms. The predicted molar refractivity (Wildman–Crippen MR) is 68.2 cm³/mol. The van der Waals surface area contributed by atoms with Crippen LogP contribution in [0.2, 0.25) is 0 Å². The highest BCUT2D eigenvalue weighted by atomic mass is 32.2. The molecule has 1 heterocycles. The Labute approximate surface area is 105 Å². The van der Waals surface area contributed by atoms with E-state index in [1.165, 1.54) is 0 Å². The molecule has 2 rings (SSSR count). The highest BCUT2D eigenvalue weighted by Crippen LogP contribution is 2.31. The molecule has 0 atom stereocenters. The van der Waals surface area contributed by atoms with E-state index in [0.29, 0.717) is 5.41 Å². The fourth-order valence-corrected chi connectivity index (χ4v) is 2.85. The minimum Gasteiger partial charge on any atom is -0.380 e. The van der Waals surface area contributed by atoms with E-state index in [1.54, 1.807) is 12.1 Å². The van der Waals surface area contributed by atoms with Gasteiger partial charge in [-0.05, 0) is 5.56 Å². The van der Waals surface area contributed by atoms with E-state index >= 15 is 0 Å². The first kappa shape index (κ1) is 12.4. The summed E-state index contributed by atoms with van der Waals surface area (Å²) in [6, 6.07) is 6.77. The normalized spacial score (nSPS) is 17.5. The zero-order valence-electron chi connectivity index (χ0n) is 9.72. The molecule has 1 fully saturated rings. The van der Waals surface area contributed by atoms with Crippen molar-refractivity contribution in [2.24, 2.45) is 5.41 Å². The van der Waals surface area contributed by atoms with E-state index in [0.717, 1.165) is 30.3 Å². The number of nitro benzene ring substituents is 1. The molecule has 0 aromatic heterocycles. The van der Waals surface area contributed by atoms with Gasteiger partial charge in [0.25, 0.3) is 5.69 Å². The van der Waals surface area contributed by atoms with Gasteiger partial charge in [0, 0.05) is 29.1 Å². The van der Waals surface area contributed by atoms with Crippen LogP contribution < -0.4 is 0 Å². The van der Waals surface area contributed by atoms with Gasteiger partial charge < -0.3 is 4.74 Å². The fraction of sp³-hybridized carbons (Fsp3) is 0.500. The van der Waals surface area contributed by atoms with E-state index in [4.69, 9.17) is 4.74 Å². The quantitative estimate of drug-likeness (QED) is 0.598. The van der Waals surface area contributed by atoms with Gasteiger partial charge >= 0.3 is 0 Å². The number of benzene rings is 1. The molecular weight excluding hydrogens is 238 g/mol. The van der Waals surface area contributed by atoms with Crippen molar-refractivity contribution in [3.63, 3.8) is 0 Å². The van der Waals surface area contributed by atoms with Crippen molar-refractivity contribution >= 4 is 17.4 Å². The maximum absolute atomic E-state index is 10.5. The van der Waals surface area contributed by atoms with Crippen LogP contribution in [0, 0.1) is 15.5 Å². The summed E-state index contributed by atoms with van der Waals surface area (Å²) in [5, 5.41) is 10.5. The minimum atomic E-state index is -0.371. The van der Waals surface area contributed by atoms with Gasteiger partial charge in [0.2, 0.25) is 0 Å². The third-order valence-electron chi connectivity index (χ3n) is 2.77. The molecule has 0 unspecified atom stereocenters. The largest absolute Gasteiger partial charge is 0.380 e. The number of nitro groups is 1. The number of non-ortho nitro benzene ring substituents is 1. The Morgan fingerprint density at radius 2 is 2.06 bits per heavy atom. The first-order valence-corrected chi connectivity index (χ1v) is 6.63. The minimum absolute atomic E-state index is 0.151. The number of nitrogens with zero attached hydrogens (tertiary/aromatic N) is 1. The third kappa shape index (κ3) is 3.20. The number of thioether (sulfide) groups is 1. The van der Waals surface area contributed by atoms with Crippen molar-refractivity contribution in [3.05, 3.63) is 39.9 Å². The van der Waals surface area contributed by atoms with Crippen molar-refractivity contribution in [1.82, 2.24) is 0 Å². The molecule has 1 saturated heterocycles. The standard InChI is InChI=1S/C12H15NO3S/c1-12(7-16-8-12)9-17-6-10-2-4-11(5-3-10)13(14)15/h2-5H,6-9H2,1H3. The van der Waals surface area contributed by atoms with Crippen molar-refractivity contribution in [2.75, 3.05) is 19.0 Å². The number of ether oxygens (including phenoxy) is 1. The average Bonchev–Trinajstić information content (AvgIpc) is 2.27. The van der Waals surface area contributed by atoms with Crippen LogP contribution >= 0.6 is 11.8 Å². The summed E-state index contributed by atoms with van der Waals surface area (Å²) in [4.78, 5) is 10.1. The highest BCUT2D eigenvalue weighted by molar-refractivity contribution is 7.98. The second kappa shape index (κ2) is 5.06. The molecule has 1 aliphatic heterocycles. The van der Waals surface area contributed by atoms with Crippen LogP contribution in [0.1, 0.15) is 12.5 Å². The summed E-state index contributed by atoms with van der Waals surface area (Å²) >= 11 is 1.85. The van der Waals surface area contributed by atoms with Crippen molar-refractivity contribution in [3.8, 4) is 0 Å². The van der Waals surface area contributed by atoms with Gasteiger partial charge in [-0.2, -0.15) is 11.8 Å². The van der Waals surface area contributed by atoms with Gasteiger partial charge in [0.15, 0.2) is 0 Å². The Bertz CT molecular complexity index is 401. The summed E-state index contributed by atoms with van der Waals surface area (Å²) in [6.45, 7) is 3.92. The molecule has 0 aliphatic carbocycles. The van der Waals surface area contributed by atoms with Crippen molar-refractivity contribution in [1.29, 1.82) is 0 Å². The Hall–Kier alpha value is -1.07. The number of rotatable bonds is 5. The second-order valence-electron chi connectivity index (χ2n) is 4.72. The first-order chi connectivity index (χ1) is 8.09. The van der Waals surface area contributed by atoms with Gasteiger partial charge in [0.05, 0.1) is 18.1 Å². The lowest BCUT2D eigenvalue weighted by molar-refractivity contribution is -0.384. The average molecular weight is 253 g/mol. The fourth-order valence-electron chi connectivity index (χ4n) is 1.66. The predicted octanol–water partition coefficient (Wildman–Crippen LogP) is 2.86. The van der Waals surface area contributed by atoms with E-state index in [9.17, 15) is 10.1 Å². The van der Waals surface area contributed by atoms with E-state index in [-0.39, 0.29) is 10.6 Å². The SMILES string of the molecule is CC1(CSCc2ccc([N+](=O)[O-])cc2)COC1. The Balaban J connectivity index is 1.80. The van der Waals surface area contributed by atoms with Gasteiger partial charge in [-0.25, -0.2) is 0 Å². The van der Waals surface area contributed by atoms with Crippen LogP contribution in [0.5, 0.6) is 0 Å². The first-order valence-electron chi connectivity index (χ1n) is 5.48. The van der Waals surface area contributed by atoms with E-state index < -0.39 is 0 Å². The Morgan fingerprint density at radius 3 is 2.53 bits per heavy atom. The third-order valence-corrected chi connectivity index (χ3v) is 4.21. The Morgan fingerprint density at radius 1 is 1.41 bits per heavy atom. The highest BCUT2D eigenvalue weighted by Gasteiger charge is 2.32.